The van der Waals surface area contributed by atoms with Gasteiger partial charge in [0.25, 0.3) is 21.8 Å². The van der Waals surface area contributed by atoms with Crippen molar-refractivity contribution in [2.45, 2.75) is 4.90 Å². The van der Waals surface area contributed by atoms with Crippen molar-refractivity contribution >= 4 is 33.4 Å². The van der Waals surface area contributed by atoms with Crippen LogP contribution in [0.25, 0.3) is 5.76 Å². The number of rotatable bonds is 6. The molecule has 10 nitrogen and oxygen atoms in total. The first kappa shape index (κ1) is 20.3. The number of halogens is 1. The maximum absolute atomic E-state index is 13.0. The van der Waals surface area contributed by atoms with Gasteiger partial charge in [0.2, 0.25) is 5.76 Å². The lowest BCUT2D eigenvalue weighted by Gasteiger charge is -2.11. The Balaban J connectivity index is 1.41. The number of carbonyl (C=O) groups excluding carboxylic acids is 1. The first-order chi connectivity index (χ1) is 14.9. The number of nitrogens with zero attached hydrogens (tertiary/aromatic N) is 2. The summed E-state index contributed by atoms with van der Waals surface area (Å²) in [6, 6.07) is 9.91. The van der Waals surface area contributed by atoms with Crippen molar-refractivity contribution in [3.05, 3.63) is 72.1 Å². The molecular weight excluding hydrogens is 431 g/mol. The molecule has 2 heterocycles. The van der Waals surface area contributed by atoms with Crippen LogP contribution in [0.1, 0.15) is 16.2 Å². The normalized spacial score (nSPS) is 13.5. The lowest BCUT2D eigenvalue weighted by molar-refractivity contribution is 0.102. The zero-order chi connectivity index (χ0) is 21.8. The summed E-state index contributed by atoms with van der Waals surface area (Å²) in [4.78, 5) is 12.3. The Labute approximate surface area is 175 Å². The highest BCUT2D eigenvalue weighted by Gasteiger charge is 2.18. The number of hydrogen-bond donors (Lipinski definition) is 2. The van der Waals surface area contributed by atoms with Crippen molar-refractivity contribution in [1.29, 1.82) is 0 Å². The number of benzene rings is 2. The van der Waals surface area contributed by atoms with E-state index in [-0.39, 0.29) is 33.8 Å². The molecule has 160 valence electrons. The number of ether oxygens (including phenoxy) is 2. The predicted octanol–water partition coefficient (Wildman–Crippen LogP) is 2.61. The van der Waals surface area contributed by atoms with E-state index in [0.29, 0.717) is 13.2 Å². The number of anilines is 2. The average Bonchev–Trinajstić information content (AvgIpc) is 3.23. The highest BCUT2D eigenvalue weighted by molar-refractivity contribution is 7.92. The molecule has 0 saturated heterocycles. The molecule has 0 bridgehead atoms. The second-order valence-corrected chi connectivity index (χ2v) is 7.89. The molecule has 0 spiro atoms. The number of nitrogens with one attached hydrogen (secondary N) is 2. The van der Waals surface area contributed by atoms with Gasteiger partial charge in [-0.05, 0) is 48.5 Å². The molecule has 1 amide bonds. The van der Waals surface area contributed by atoms with Gasteiger partial charge >= 0.3 is 6.01 Å². The Bertz CT molecular complexity index is 1220. The summed E-state index contributed by atoms with van der Waals surface area (Å²) in [7, 11) is -3.90. The molecule has 3 aromatic rings. The smallest absolute Gasteiger partial charge is 0.322 e. The van der Waals surface area contributed by atoms with E-state index in [4.69, 9.17) is 13.9 Å². The molecule has 0 fully saturated rings. The highest BCUT2D eigenvalue weighted by Crippen LogP contribution is 2.20. The topological polar surface area (TPSA) is 133 Å². The first-order valence-corrected chi connectivity index (χ1v) is 10.4. The monoisotopic (exact) mass is 446 g/mol. The van der Waals surface area contributed by atoms with E-state index in [2.05, 4.69) is 20.2 Å². The zero-order valence-corrected chi connectivity index (χ0v) is 16.6. The fourth-order valence-electron chi connectivity index (χ4n) is 2.54. The van der Waals surface area contributed by atoms with Crippen LogP contribution in [0.2, 0.25) is 0 Å². The molecule has 0 unspecified atom stereocenters. The maximum atomic E-state index is 13.0. The van der Waals surface area contributed by atoms with Crippen LogP contribution in [0.15, 0.2) is 64.1 Å². The summed E-state index contributed by atoms with van der Waals surface area (Å²) >= 11 is 0. The third kappa shape index (κ3) is 4.80. The SMILES string of the molecule is O=C(Nc1nnc(C2=COCCO2)o1)c1ccc(NS(=O)(=O)c2ccc(F)cc2)cc1. The molecule has 1 aliphatic rings. The summed E-state index contributed by atoms with van der Waals surface area (Å²) in [5.74, 6) is -0.769. The molecule has 31 heavy (non-hydrogen) atoms. The zero-order valence-electron chi connectivity index (χ0n) is 15.7. The third-order valence-electron chi connectivity index (χ3n) is 4.03. The van der Waals surface area contributed by atoms with E-state index in [1.54, 1.807) is 0 Å². The van der Waals surface area contributed by atoms with Gasteiger partial charge in [-0.15, -0.1) is 5.10 Å². The van der Waals surface area contributed by atoms with E-state index in [9.17, 15) is 17.6 Å². The number of hydrogen-bond acceptors (Lipinski definition) is 8. The summed E-state index contributed by atoms with van der Waals surface area (Å²) < 4.78 is 55.8. The van der Waals surface area contributed by atoms with Crippen molar-refractivity contribution in [2.24, 2.45) is 0 Å². The first-order valence-electron chi connectivity index (χ1n) is 8.89. The predicted molar refractivity (Wildman–Crippen MR) is 106 cm³/mol. The van der Waals surface area contributed by atoms with Crippen LogP contribution in [-0.2, 0) is 19.5 Å². The van der Waals surface area contributed by atoms with Crippen molar-refractivity contribution in [3.63, 3.8) is 0 Å². The van der Waals surface area contributed by atoms with Crippen molar-refractivity contribution < 1.29 is 31.5 Å². The molecule has 2 N–H and O–H groups in total. The van der Waals surface area contributed by atoms with Gasteiger partial charge < -0.3 is 13.9 Å². The van der Waals surface area contributed by atoms with Gasteiger partial charge in [0.15, 0.2) is 0 Å². The molecule has 0 aliphatic carbocycles. The number of sulfonamides is 1. The summed E-state index contributed by atoms with van der Waals surface area (Å²) in [5, 5.41) is 9.93. The van der Waals surface area contributed by atoms with Crippen LogP contribution in [0.4, 0.5) is 16.1 Å². The van der Waals surface area contributed by atoms with Gasteiger partial charge in [-0.1, -0.05) is 5.10 Å². The Morgan fingerprint density at radius 2 is 1.74 bits per heavy atom. The van der Waals surface area contributed by atoms with Crippen LogP contribution in [0, 0.1) is 5.82 Å². The molecule has 12 heteroatoms. The van der Waals surface area contributed by atoms with Crippen LogP contribution in [0.5, 0.6) is 0 Å². The van der Waals surface area contributed by atoms with Gasteiger partial charge in [0.05, 0.1) is 4.90 Å². The minimum Gasteiger partial charge on any atom is -0.494 e. The lowest BCUT2D eigenvalue weighted by Crippen LogP contribution is -2.14. The highest BCUT2D eigenvalue weighted by atomic mass is 32.2. The minimum absolute atomic E-state index is 0.0561. The number of carbonyl (C=O) groups is 1. The Hall–Kier alpha value is -3.93. The fourth-order valence-corrected chi connectivity index (χ4v) is 3.60. The molecule has 4 rings (SSSR count). The van der Waals surface area contributed by atoms with Gasteiger partial charge in [0.1, 0.15) is 25.3 Å². The minimum atomic E-state index is -3.90. The molecule has 0 radical (unpaired) electrons. The van der Waals surface area contributed by atoms with Gasteiger partial charge in [0, 0.05) is 11.3 Å². The Morgan fingerprint density at radius 1 is 1.00 bits per heavy atom. The Kier molecular flexibility index (Phi) is 5.54. The second kappa shape index (κ2) is 8.44. The number of amides is 1. The van der Waals surface area contributed by atoms with Crippen molar-refractivity contribution in [1.82, 2.24) is 10.2 Å². The largest absolute Gasteiger partial charge is 0.494 e. The number of aromatic nitrogens is 2. The standard InChI is InChI=1S/C19H15FN4O6S/c20-13-3-7-15(8-4-13)31(26,27)24-14-5-1-12(2-6-14)17(25)21-19-23-22-18(30-19)16-11-28-9-10-29-16/h1-8,11,24H,9-10H2,(H,21,23,25). The maximum Gasteiger partial charge on any atom is 0.322 e. The summed E-state index contributed by atoms with van der Waals surface area (Å²) in [5.41, 5.74) is 0.447. The Morgan fingerprint density at radius 3 is 2.42 bits per heavy atom. The van der Waals surface area contributed by atoms with Gasteiger partial charge in [-0.2, -0.15) is 0 Å². The molecule has 1 aromatic heterocycles. The van der Waals surface area contributed by atoms with Crippen molar-refractivity contribution in [3.8, 4) is 0 Å². The molecule has 2 aromatic carbocycles. The van der Waals surface area contributed by atoms with Crippen LogP contribution in [0.3, 0.4) is 0 Å². The van der Waals surface area contributed by atoms with E-state index < -0.39 is 21.7 Å². The van der Waals surface area contributed by atoms with E-state index in [1.165, 1.54) is 30.5 Å². The average molecular weight is 446 g/mol. The molecule has 1 aliphatic heterocycles. The van der Waals surface area contributed by atoms with Crippen LogP contribution < -0.4 is 10.0 Å². The third-order valence-corrected chi connectivity index (χ3v) is 5.43. The second-order valence-electron chi connectivity index (χ2n) is 6.20. The van der Waals surface area contributed by atoms with Crippen molar-refractivity contribution in [2.75, 3.05) is 23.3 Å². The molecule has 0 atom stereocenters. The molecule has 0 saturated carbocycles. The summed E-state index contributed by atoms with van der Waals surface area (Å²) in [6.07, 6.45) is 1.34. The van der Waals surface area contributed by atoms with E-state index in [1.807, 2.05) is 0 Å². The summed E-state index contributed by atoms with van der Waals surface area (Å²) in [6.45, 7) is 0.754. The van der Waals surface area contributed by atoms with E-state index in [0.717, 1.165) is 24.3 Å². The fraction of sp³-hybridized carbons (Fsp3) is 0.105. The van der Waals surface area contributed by atoms with E-state index >= 15 is 0 Å². The van der Waals surface area contributed by atoms with Gasteiger partial charge in [-0.3, -0.25) is 14.8 Å². The quantitative estimate of drug-likeness (QED) is 0.590. The van der Waals surface area contributed by atoms with Crippen LogP contribution in [-0.4, -0.2) is 37.7 Å². The van der Waals surface area contributed by atoms with Crippen LogP contribution >= 0.6 is 0 Å². The lowest BCUT2D eigenvalue weighted by atomic mass is 10.2. The molecular formula is C19H15FN4O6S. The van der Waals surface area contributed by atoms with Gasteiger partial charge in [-0.25, -0.2) is 12.8 Å².